The first-order valence-electron chi connectivity index (χ1n) is 5.85. The van der Waals surface area contributed by atoms with E-state index in [0.717, 1.165) is 45.1 Å². The summed E-state index contributed by atoms with van der Waals surface area (Å²) in [6, 6.07) is 0. The lowest BCUT2D eigenvalue weighted by Crippen LogP contribution is -2.11. The number of carbonyl (C=O) groups excluding carboxylic acids is 2. The SMILES string of the molecule is CC(C)CC(=O)CCCCCCNC=O. The molecule has 0 aromatic carbocycles. The number of nitrogens with one attached hydrogen (secondary N) is 1. The number of Topliss-reactive ketones (excluding diaryl/α,β-unsaturated/α-hetero) is 1. The van der Waals surface area contributed by atoms with Crippen LogP contribution < -0.4 is 5.32 Å². The molecule has 0 aliphatic heterocycles. The summed E-state index contributed by atoms with van der Waals surface area (Å²) >= 11 is 0. The largest absolute Gasteiger partial charge is 0.359 e. The Balaban J connectivity index is 3.16. The van der Waals surface area contributed by atoms with Crippen molar-refractivity contribution in [2.75, 3.05) is 6.54 Å². The highest BCUT2D eigenvalue weighted by Gasteiger charge is 2.04. The van der Waals surface area contributed by atoms with Crippen molar-refractivity contribution in [1.82, 2.24) is 5.32 Å². The normalized spacial score (nSPS) is 10.3. The molecule has 1 N–H and O–H groups in total. The molecule has 0 atom stereocenters. The van der Waals surface area contributed by atoms with E-state index in [0.29, 0.717) is 18.1 Å². The monoisotopic (exact) mass is 213 g/mol. The number of carbonyl (C=O) groups is 2. The van der Waals surface area contributed by atoms with Crippen molar-refractivity contribution in [1.29, 1.82) is 0 Å². The van der Waals surface area contributed by atoms with Crippen molar-refractivity contribution in [2.45, 2.75) is 52.4 Å². The van der Waals surface area contributed by atoms with E-state index in [-0.39, 0.29) is 0 Å². The smallest absolute Gasteiger partial charge is 0.207 e. The van der Waals surface area contributed by atoms with Crippen LogP contribution in [-0.2, 0) is 9.59 Å². The maximum absolute atomic E-state index is 11.3. The van der Waals surface area contributed by atoms with Gasteiger partial charge in [0, 0.05) is 19.4 Å². The summed E-state index contributed by atoms with van der Waals surface area (Å²) < 4.78 is 0. The summed E-state index contributed by atoms with van der Waals surface area (Å²) in [5, 5.41) is 2.63. The van der Waals surface area contributed by atoms with Crippen LogP contribution in [0.4, 0.5) is 0 Å². The van der Waals surface area contributed by atoms with E-state index in [9.17, 15) is 9.59 Å². The van der Waals surface area contributed by atoms with Crippen LogP contribution >= 0.6 is 0 Å². The first-order chi connectivity index (χ1) is 7.16. The molecule has 0 heterocycles. The van der Waals surface area contributed by atoms with Gasteiger partial charge in [-0.25, -0.2) is 0 Å². The number of hydrogen-bond acceptors (Lipinski definition) is 2. The van der Waals surface area contributed by atoms with Gasteiger partial charge >= 0.3 is 0 Å². The standard InChI is InChI=1S/C12H23NO2/c1-11(2)9-12(15)7-5-3-4-6-8-13-10-14/h10-11H,3-9H2,1-2H3,(H,13,14). The lowest BCUT2D eigenvalue weighted by molar-refractivity contribution is -0.119. The molecular formula is C12H23NO2. The van der Waals surface area contributed by atoms with Crippen LogP contribution in [0, 0.1) is 5.92 Å². The minimum Gasteiger partial charge on any atom is -0.359 e. The summed E-state index contributed by atoms with van der Waals surface area (Å²) in [4.78, 5) is 21.3. The fraction of sp³-hybridized carbons (Fsp3) is 0.833. The van der Waals surface area contributed by atoms with Crippen LogP contribution in [0.15, 0.2) is 0 Å². The summed E-state index contributed by atoms with van der Waals surface area (Å²) in [6.45, 7) is 4.90. The first-order valence-corrected chi connectivity index (χ1v) is 5.85. The van der Waals surface area contributed by atoms with Crippen molar-refractivity contribution < 1.29 is 9.59 Å². The maximum Gasteiger partial charge on any atom is 0.207 e. The third-order valence-corrected chi connectivity index (χ3v) is 2.25. The second-order valence-electron chi connectivity index (χ2n) is 4.37. The minimum absolute atomic E-state index is 0.385. The molecule has 0 saturated carbocycles. The predicted molar refractivity (Wildman–Crippen MR) is 61.6 cm³/mol. The van der Waals surface area contributed by atoms with E-state index >= 15 is 0 Å². The molecule has 0 saturated heterocycles. The summed E-state index contributed by atoms with van der Waals surface area (Å²) in [5.74, 6) is 0.866. The fourth-order valence-corrected chi connectivity index (χ4v) is 1.52. The molecule has 3 nitrogen and oxygen atoms in total. The molecule has 15 heavy (non-hydrogen) atoms. The van der Waals surface area contributed by atoms with Crippen molar-refractivity contribution >= 4 is 12.2 Å². The topological polar surface area (TPSA) is 46.2 Å². The highest BCUT2D eigenvalue weighted by molar-refractivity contribution is 5.78. The van der Waals surface area contributed by atoms with Crippen molar-refractivity contribution in [3.05, 3.63) is 0 Å². The fourth-order valence-electron chi connectivity index (χ4n) is 1.52. The zero-order chi connectivity index (χ0) is 11.5. The van der Waals surface area contributed by atoms with Crippen LogP contribution in [0.5, 0.6) is 0 Å². The van der Waals surface area contributed by atoms with E-state index in [1.807, 2.05) is 0 Å². The minimum atomic E-state index is 0.385. The molecule has 0 aromatic rings. The lowest BCUT2D eigenvalue weighted by atomic mass is 10.0. The zero-order valence-electron chi connectivity index (χ0n) is 9.92. The molecule has 1 amide bonds. The molecule has 88 valence electrons. The highest BCUT2D eigenvalue weighted by atomic mass is 16.1. The van der Waals surface area contributed by atoms with Gasteiger partial charge in [-0.15, -0.1) is 0 Å². The number of ketones is 1. The molecule has 0 unspecified atom stereocenters. The van der Waals surface area contributed by atoms with Crippen molar-refractivity contribution in [3.63, 3.8) is 0 Å². The van der Waals surface area contributed by atoms with Gasteiger partial charge in [0.2, 0.25) is 6.41 Å². The van der Waals surface area contributed by atoms with Crippen molar-refractivity contribution in [3.8, 4) is 0 Å². The van der Waals surface area contributed by atoms with Gasteiger partial charge < -0.3 is 5.32 Å². The number of unbranched alkanes of at least 4 members (excludes halogenated alkanes) is 3. The Labute approximate surface area is 92.6 Å². The number of amides is 1. The Morgan fingerprint density at radius 2 is 1.87 bits per heavy atom. The van der Waals surface area contributed by atoms with E-state index in [2.05, 4.69) is 19.2 Å². The summed E-state index contributed by atoms with van der Waals surface area (Å²) in [6.07, 6.45) is 6.35. The Bertz CT molecular complexity index is 178. The Morgan fingerprint density at radius 3 is 2.47 bits per heavy atom. The molecular weight excluding hydrogens is 190 g/mol. The van der Waals surface area contributed by atoms with Gasteiger partial charge in [-0.05, 0) is 18.8 Å². The lowest BCUT2D eigenvalue weighted by Gasteiger charge is -2.03. The molecule has 0 radical (unpaired) electrons. The van der Waals surface area contributed by atoms with E-state index in [1.54, 1.807) is 0 Å². The van der Waals surface area contributed by atoms with E-state index in [1.165, 1.54) is 0 Å². The molecule has 0 aromatic heterocycles. The third kappa shape index (κ3) is 11.1. The number of rotatable bonds is 10. The zero-order valence-corrected chi connectivity index (χ0v) is 9.92. The molecule has 0 fully saturated rings. The van der Waals surface area contributed by atoms with Gasteiger partial charge in [-0.2, -0.15) is 0 Å². The van der Waals surface area contributed by atoms with Gasteiger partial charge in [0.25, 0.3) is 0 Å². The highest BCUT2D eigenvalue weighted by Crippen LogP contribution is 2.08. The Morgan fingerprint density at radius 1 is 1.20 bits per heavy atom. The second-order valence-corrected chi connectivity index (χ2v) is 4.37. The van der Waals surface area contributed by atoms with Crippen LogP contribution in [0.2, 0.25) is 0 Å². The average molecular weight is 213 g/mol. The van der Waals surface area contributed by atoms with E-state index < -0.39 is 0 Å². The first kappa shape index (κ1) is 14.1. The molecule has 0 rings (SSSR count). The summed E-state index contributed by atoms with van der Waals surface area (Å²) in [7, 11) is 0. The number of hydrogen-bond donors (Lipinski definition) is 1. The van der Waals surface area contributed by atoms with E-state index in [4.69, 9.17) is 0 Å². The molecule has 0 aliphatic carbocycles. The Hall–Kier alpha value is -0.860. The van der Waals surface area contributed by atoms with Gasteiger partial charge in [-0.3, -0.25) is 9.59 Å². The quantitative estimate of drug-likeness (QED) is 0.447. The molecule has 0 spiro atoms. The molecule has 0 bridgehead atoms. The van der Waals surface area contributed by atoms with Crippen LogP contribution in [0.3, 0.4) is 0 Å². The van der Waals surface area contributed by atoms with Gasteiger partial charge in [0.05, 0.1) is 0 Å². The van der Waals surface area contributed by atoms with Crippen LogP contribution in [0.25, 0.3) is 0 Å². The Kier molecular flexibility index (Phi) is 9.13. The molecule has 0 aliphatic rings. The predicted octanol–water partition coefficient (Wildman–Crippen LogP) is 2.30. The van der Waals surface area contributed by atoms with Gasteiger partial charge in [0.1, 0.15) is 5.78 Å². The summed E-state index contributed by atoms with van der Waals surface area (Å²) in [5.41, 5.74) is 0. The maximum atomic E-state index is 11.3. The van der Waals surface area contributed by atoms with Crippen molar-refractivity contribution in [2.24, 2.45) is 5.92 Å². The third-order valence-electron chi connectivity index (χ3n) is 2.25. The average Bonchev–Trinajstić information content (AvgIpc) is 2.15. The van der Waals surface area contributed by atoms with Crippen LogP contribution in [-0.4, -0.2) is 18.7 Å². The van der Waals surface area contributed by atoms with Gasteiger partial charge in [0.15, 0.2) is 0 Å². The van der Waals surface area contributed by atoms with Gasteiger partial charge in [-0.1, -0.05) is 26.7 Å². The molecule has 3 heteroatoms. The second kappa shape index (κ2) is 9.69. The van der Waals surface area contributed by atoms with Crippen LogP contribution in [0.1, 0.15) is 52.4 Å².